The number of carbonyl (C=O) groups excluding carboxylic acids is 1. The van der Waals surface area contributed by atoms with Gasteiger partial charge in [0.25, 0.3) is 5.91 Å². The highest BCUT2D eigenvalue weighted by Crippen LogP contribution is 2.26. The number of hydrogen-bond donors (Lipinski definition) is 0. The van der Waals surface area contributed by atoms with Crippen LogP contribution < -0.4 is 0 Å². The van der Waals surface area contributed by atoms with Crippen LogP contribution in [0.2, 0.25) is 0 Å². The maximum absolute atomic E-state index is 12.8. The third-order valence-corrected chi connectivity index (χ3v) is 4.28. The van der Waals surface area contributed by atoms with Crippen molar-refractivity contribution < 1.29 is 4.79 Å². The lowest BCUT2D eigenvalue weighted by Gasteiger charge is -2.28. The molecule has 0 radical (unpaired) electrons. The van der Waals surface area contributed by atoms with E-state index in [9.17, 15) is 4.79 Å². The van der Waals surface area contributed by atoms with Gasteiger partial charge in [0.1, 0.15) is 0 Å². The van der Waals surface area contributed by atoms with E-state index in [-0.39, 0.29) is 5.91 Å². The Morgan fingerprint density at radius 1 is 1.47 bits per heavy atom. The highest BCUT2D eigenvalue weighted by Gasteiger charge is 2.27. The molecule has 1 amide bonds. The average molecular weight is 322 g/mol. The van der Waals surface area contributed by atoms with Gasteiger partial charge >= 0.3 is 0 Å². The summed E-state index contributed by atoms with van der Waals surface area (Å²) in [4.78, 5) is 14.7. The molecule has 0 aliphatic heterocycles. The summed E-state index contributed by atoms with van der Waals surface area (Å²) in [5, 5.41) is 0. The standard InChI is InChI=1S/C16H20BrNO/c1-3-10-18(14-6-4-5-7-14)16(19)15-11-13(17)9-8-12(15)2/h3,8-9,11,14H,1,4-7,10H2,2H3. The lowest BCUT2D eigenvalue weighted by atomic mass is 10.1. The molecule has 0 unspecified atom stereocenters. The van der Waals surface area contributed by atoms with Crippen LogP contribution in [0.4, 0.5) is 0 Å². The van der Waals surface area contributed by atoms with Crippen LogP contribution >= 0.6 is 15.9 Å². The van der Waals surface area contributed by atoms with Crippen LogP contribution in [0.15, 0.2) is 35.3 Å². The second-order valence-corrected chi connectivity index (χ2v) is 6.06. The van der Waals surface area contributed by atoms with Crippen LogP contribution in [0.1, 0.15) is 41.6 Å². The van der Waals surface area contributed by atoms with Gasteiger partial charge in [-0.15, -0.1) is 6.58 Å². The number of hydrogen-bond acceptors (Lipinski definition) is 1. The number of halogens is 1. The molecule has 0 bridgehead atoms. The molecule has 102 valence electrons. The SMILES string of the molecule is C=CCN(C(=O)c1cc(Br)ccc1C)C1CCCC1. The van der Waals surface area contributed by atoms with E-state index < -0.39 is 0 Å². The largest absolute Gasteiger partial charge is 0.332 e. The minimum atomic E-state index is 0.130. The quantitative estimate of drug-likeness (QED) is 0.756. The predicted octanol–water partition coefficient (Wildman–Crippen LogP) is 4.33. The summed E-state index contributed by atoms with van der Waals surface area (Å²) in [5.74, 6) is 0.130. The molecule has 2 rings (SSSR count). The smallest absolute Gasteiger partial charge is 0.254 e. The van der Waals surface area contributed by atoms with Gasteiger partial charge in [-0.05, 0) is 37.5 Å². The van der Waals surface area contributed by atoms with Crippen LogP contribution in [-0.4, -0.2) is 23.4 Å². The van der Waals surface area contributed by atoms with Gasteiger partial charge in [0.15, 0.2) is 0 Å². The molecule has 2 nitrogen and oxygen atoms in total. The molecule has 0 spiro atoms. The molecule has 1 aromatic carbocycles. The maximum Gasteiger partial charge on any atom is 0.254 e. The van der Waals surface area contributed by atoms with E-state index in [0.29, 0.717) is 12.6 Å². The Morgan fingerprint density at radius 2 is 2.16 bits per heavy atom. The molecule has 1 fully saturated rings. The van der Waals surface area contributed by atoms with Gasteiger partial charge in [-0.2, -0.15) is 0 Å². The topological polar surface area (TPSA) is 20.3 Å². The summed E-state index contributed by atoms with van der Waals surface area (Å²) in [6.07, 6.45) is 6.51. The number of amides is 1. The van der Waals surface area contributed by atoms with E-state index in [1.54, 1.807) is 0 Å². The summed E-state index contributed by atoms with van der Waals surface area (Å²) in [6.45, 7) is 6.41. The fraction of sp³-hybridized carbons (Fsp3) is 0.438. The van der Waals surface area contributed by atoms with E-state index in [2.05, 4.69) is 22.5 Å². The van der Waals surface area contributed by atoms with E-state index in [1.165, 1.54) is 12.8 Å². The fourth-order valence-electron chi connectivity index (χ4n) is 2.73. The highest BCUT2D eigenvalue weighted by molar-refractivity contribution is 9.10. The molecule has 0 N–H and O–H groups in total. The first-order valence-corrected chi connectivity index (χ1v) is 7.61. The summed E-state index contributed by atoms with van der Waals surface area (Å²) in [5.41, 5.74) is 1.82. The summed E-state index contributed by atoms with van der Waals surface area (Å²) >= 11 is 3.45. The number of carbonyl (C=O) groups is 1. The molecule has 0 atom stereocenters. The molecule has 0 saturated heterocycles. The molecule has 0 aromatic heterocycles. The normalized spacial score (nSPS) is 15.5. The Bertz CT molecular complexity index is 478. The van der Waals surface area contributed by atoms with Gasteiger partial charge in [0, 0.05) is 22.6 Å². The van der Waals surface area contributed by atoms with Gasteiger partial charge in [-0.3, -0.25) is 4.79 Å². The van der Waals surface area contributed by atoms with Crippen molar-refractivity contribution in [3.05, 3.63) is 46.5 Å². The fourth-order valence-corrected chi connectivity index (χ4v) is 3.09. The molecule has 1 aliphatic rings. The van der Waals surface area contributed by atoms with Crippen LogP contribution in [0.3, 0.4) is 0 Å². The highest BCUT2D eigenvalue weighted by atomic mass is 79.9. The molecule has 19 heavy (non-hydrogen) atoms. The molecule has 1 saturated carbocycles. The molecular formula is C16H20BrNO. The van der Waals surface area contributed by atoms with Crippen LogP contribution in [0, 0.1) is 6.92 Å². The van der Waals surface area contributed by atoms with E-state index in [0.717, 1.165) is 28.4 Å². The molecule has 0 heterocycles. The third-order valence-electron chi connectivity index (χ3n) is 3.78. The molecule has 3 heteroatoms. The van der Waals surface area contributed by atoms with Crippen molar-refractivity contribution >= 4 is 21.8 Å². The Balaban J connectivity index is 2.27. The minimum absolute atomic E-state index is 0.130. The first-order chi connectivity index (χ1) is 9.13. The van der Waals surface area contributed by atoms with Crippen molar-refractivity contribution in [1.29, 1.82) is 0 Å². The Labute approximate surface area is 123 Å². The number of benzene rings is 1. The van der Waals surface area contributed by atoms with Crippen molar-refractivity contribution in [2.75, 3.05) is 6.54 Å². The zero-order valence-corrected chi connectivity index (χ0v) is 12.9. The van der Waals surface area contributed by atoms with Crippen LogP contribution in [-0.2, 0) is 0 Å². The number of nitrogens with zero attached hydrogens (tertiary/aromatic N) is 1. The van der Waals surface area contributed by atoms with Crippen molar-refractivity contribution in [3.63, 3.8) is 0 Å². The van der Waals surface area contributed by atoms with Crippen LogP contribution in [0.5, 0.6) is 0 Å². The zero-order valence-electron chi connectivity index (χ0n) is 11.4. The molecule has 1 aliphatic carbocycles. The summed E-state index contributed by atoms with van der Waals surface area (Å²) < 4.78 is 0.950. The van der Waals surface area contributed by atoms with E-state index in [1.807, 2.05) is 36.1 Å². The Hall–Kier alpha value is -1.09. The second-order valence-electron chi connectivity index (χ2n) is 5.14. The maximum atomic E-state index is 12.8. The number of rotatable bonds is 4. The first kappa shape index (κ1) is 14.3. The van der Waals surface area contributed by atoms with Gasteiger partial charge in [0.05, 0.1) is 0 Å². The lowest BCUT2D eigenvalue weighted by Crippen LogP contribution is -2.39. The van der Waals surface area contributed by atoms with Crippen LogP contribution in [0.25, 0.3) is 0 Å². The van der Waals surface area contributed by atoms with Gasteiger partial charge in [-0.1, -0.05) is 40.9 Å². The average Bonchev–Trinajstić information content (AvgIpc) is 2.92. The van der Waals surface area contributed by atoms with E-state index >= 15 is 0 Å². The van der Waals surface area contributed by atoms with E-state index in [4.69, 9.17) is 0 Å². The zero-order chi connectivity index (χ0) is 13.8. The van der Waals surface area contributed by atoms with Crippen molar-refractivity contribution in [2.24, 2.45) is 0 Å². The van der Waals surface area contributed by atoms with Gasteiger partial charge < -0.3 is 4.90 Å². The molecule has 1 aromatic rings. The van der Waals surface area contributed by atoms with Gasteiger partial charge in [-0.25, -0.2) is 0 Å². The Kier molecular flexibility index (Phi) is 4.81. The van der Waals surface area contributed by atoms with Gasteiger partial charge in [0.2, 0.25) is 0 Å². The van der Waals surface area contributed by atoms with Crippen molar-refractivity contribution in [3.8, 4) is 0 Å². The minimum Gasteiger partial charge on any atom is -0.332 e. The monoisotopic (exact) mass is 321 g/mol. The van der Waals surface area contributed by atoms with Crippen molar-refractivity contribution in [1.82, 2.24) is 4.90 Å². The Morgan fingerprint density at radius 3 is 2.79 bits per heavy atom. The molecular weight excluding hydrogens is 302 g/mol. The summed E-state index contributed by atoms with van der Waals surface area (Å²) in [6, 6.07) is 6.25. The third kappa shape index (κ3) is 3.27. The first-order valence-electron chi connectivity index (χ1n) is 6.81. The predicted molar refractivity (Wildman–Crippen MR) is 82.4 cm³/mol. The number of aryl methyl sites for hydroxylation is 1. The summed E-state index contributed by atoms with van der Waals surface area (Å²) in [7, 11) is 0. The second kappa shape index (κ2) is 6.38. The van der Waals surface area contributed by atoms with Crippen molar-refractivity contribution in [2.45, 2.75) is 38.6 Å². The lowest BCUT2D eigenvalue weighted by molar-refractivity contribution is 0.0705.